The average Bonchev–Trinajstić information content (AvgIpc) is 2.54. The lowest BCUT2D eigenvalue weighted by molar-refractivity contribution is -0.152. The number of morpholine rings is 1. The summed E-state index contributed by atoms with van der Waals surface area (Å²) in [6.45, 7) is 6.33. The van der Waals surface area contributed by atoms with Crippen LogP contribution in [0.4, 0.5) is 0 Å². The van der Waals surface area contributed by atoms with Crippen molar-refractivity contribution < 1.29 is 14.3 Å². The first-order chi connectivity index (χ1) is 11.4. The number of ether oxygens (including phenoxy) is 2. The number of benzene rings is 1. The minimum Gasteiger partial charge on any atom is -0.381 e. The van der Waals surface area contributed by atoms with Gasteiger partial charge >= 0.3 is 0 Å². The highest BCUT2D eigenvalue weighted by atomic mass is 35.5. The van der Waals surface area contributed by atoms with E-state index in [4.69, 9.17) is 32.7 Å². The predicted octanol–water partition coefficient (Wildman–Crippen LogP) is 3.68. The number of amides is 1. The second-order valence-electron chi connectivity index (χ2n) is 6.79. The topological polar surface area (TPSA) is 38.8 Å². The Morgan fingerprint density at radius 3 is 2.38 bits per heavy atom. The van der Waals surface area contributed by atoms with Gasteiger partial charge in [-0.25, -0.2) is 0 Å². The molecule has 1 aromatic rings. The Morgan fingerprint density at radius 1 is 1.17 bits per heavy atom. The highest BCUT2D eigenvalue weighted by molar-refractivity contribution is 6.35. The van der Waals surface area contributed by atoms with Gasteiger partial charge in [0.05, 0.1) is 17.6 Å². The summed E-state index contributed by atoms with van der Waals surface area (Å²) in [6.07, 6.45) is 1.34. The first-order valence-corrected chi connectivity index (χ1v) is 9.16. The molecule has 6 heteroatoms. The van der Waals surface area contributed by atoms with Crippen molar-refractivity contribution in [1.29, 1.82) is 0 Å². The van der Waals surface area contributed by atoms with Gasteiger partial charge in [-0.15, -0.1) is 0 Å². The number of hydrogen-bond acceptors (Lipinski definition) is 3. The van der Waals surface area contributed by atoms with Gasteiger partial charge in [0.15, 0.2) is 0 Å². The summed E-state index contributed by atoms with van der Waals surface area (Å²) in [4.78, 5) is 15.5. The summed E-state index contributed by atoms with van der Waals surface area (Å²) in [6, 6.07) is 5.41. The van der Waals surface area contributed by atoms with E-state index in [9.17, 15) is 4.79 Å². The average molecular weight is 372 g/mol. The predicted molar refractivity (Wildman–Crippen MR) is 94.8 cm³/mol. The number of carbonyl (C=O) groups is 1. The molecule has 0 spiro atoms. The molecule has 0 N–H and O–H groups in total. The minimum absolute atomic E-state index is 0.0373. The Morgan fingerprint density at radius 2 is 1.79 bits per heavy atom. The highest BCUT2D eigenvalue weighted by Gasteiger charge is 2.46. The Bertz CT molecular complexity index is 606. The third kappa shape index (κ3) is 3.43. The molecule has 2 saturated heterocycles. The number of nitrogens with zero attached hydrogens (tertiary/aromatic N) is 1. The van der Waals surface area contributed by atoms with Crippen LogP contribution in [0.3, 0.4) is 0 Å². The molecular weight excluding hydrogens is 349 g/mol. The summed E-state index contributed by atoms with van der Waals surface area (Å²) in [7, 11) is 0. The normalized spacial score (nSPS) is 27.1. The van der Waals surface area contributed by atoms with Crippen LogP contribution in [-0.2, 0) is 19.7 Å². The fourth-order valence-corrected chi connectivity index (χ4v) is 4.43. The van der Waals surface area contributed by atoms with Crippen LogP contribution in [0.2, 0.25) is 10.0 Å². The molecule has 2 atom stereocenters. The Kier molecular flexibility index (Phi) is 5.40. The molecule has 0 bridgehead atoms. The quantitative estimate of drug-likeness (QED) is 0.795. The van der Waals surface area contributed by atoms with Crippen LogP contribution in [0.15, 0.2) is 18.2 Å². The van der Waals surface area contributed by atoms with E-state index in [1.54, 1.807) is 12.1 Å². The summed E-state index contributed by atoms with van der Waals surface area (Å²) in [5.41, 5.74) is 0.213. The zero-order valence-corrected chi connectivity index (χ0v) is 15.6. The van der Waals surface area contributed by atoms with Crippen molar-refractivity contribution in [2.24, 2.45) is 0 Å². The second-order valence-corrected chi connectivity index (χ2v) is 7.63. The molecule has 2 aliphatic rings. The van der Waals surface area contributed by atoms with Gasteiger partial charge in [0.1, 0.15) is 0 Å². The molecule has 1 amide bonds. The molecule has 3 rings (SSSR count). The van der Waals surface area contributed by atoms with Crippen molar-refractivity contribution in [2.75, 3.05) is 26.3 Å². The van der Waals surface area contributed by atoms with Crippen molar-refractivity contribution in [2.45, 2.75) is 44.3 Å². The number of rotatable bonds is 2. The number of hydrogen-bond donors (Lipinski definition) is 0. The number of halogens is 2. The van der Waals surface area contributed by atoms with Crippen LogP contribution in [0.1, 0.15) is 32.3 Å². The lowest BCUT2D eigenvalue weighted by atomic mass is 9.72. The third-order valence-corrected chi connectivity index (χ3v) is 5.46. The lowest BCUT2D eigenvalue weighted by Crippen LogP contribution is -2.56. The third-order valence-electron chi connectivity index (χ3n) is 4.91. The zero-order chi connectivity index (χ0) is 17.3. The first-order valence-electron chi connectivity index (χ1n) is 8.40. The van der Waals surface area contributed by atoms with Gasteiger partial charge in [-0.05, 0) is 44.4 Å². The molecule has 132 valence electrons. The van der Waals surface area contributed by atoms with E-state index in [1.165, 1.54) is 0 Å². The van der Waals surface area contributed by atoms with Crippen molar-refractivity contribution in [3.8, 4) is 0 Å². The van der Waals surface area contributed by atoms with E-state index in [2.05, 4.69) is 0 Å². The van der Waals surface area contributed by atoms with Crippen LogP contribution in [0, 0.1) is 0 Å². The molecule has 2 fully saturated rings. The van der Waals surface area contributed by atoms with E-state index >= 15 is 0 Å². The van der Waals surface area contributed by atoms with Crippen molar-refractivity contribution >= 4 is 29.1 Å². The van der Waals surface area contributed by atoms with E-state index < -0.39 is 5.41 Å². The van der Waals surface area contributed by atoms with Crippen LogP contribution in [-0.4, -0.2) is 49.3 Å². The van der Waals surface area contributed by atoms with Crippen molar-refractivity contribution in [1.82, 2.24) is 4.90 Å². The maximum absolute atomic E-state index is 13.5. The lowest BCUT2D eigenvalue weighted by Gasteiger charge is -2.44. The fourth-order valence-electron chi connectivity index (χ4n) is 3.84. The molecule has 2 heterocycles. The van der Waals surface area contributed by atoms with Crippen LogP contribution in [0.25, 0.3) is 0 Å². The van der Waals surface area contributed by atoms with E-state index in [-0.39, 0.29) is 18.1 Å². The maximum Gasteiger partial charge on any atom is 0.233 e. The highest BCUT2D eigenvalue weighted by Crippen LogP contribution is 2.41. The summed E-state index contributed by atoms with van der Waals surface area (Å²) >= 11 is 12.5. The molecule has 0 aromatic heterocycles. The smallest absolute Gasteiger partial charge is 0.233 e. The van der Waals surface area contributed by atoms with Gasteiger partial charge in [0.2, 0.25) is 5.91 Å². The van der Waals surface area contributed by atoms with E-state index in [0.29, 0.717) is 49.2 Å². The molecule has 2 unspecified atom stereocenters. The number of carbonyl (C=O) groups excluding carboxylic acids is 1. The van der Waals surface area contributed by atoms with Gasteiger partial charge in [0, 0.05) is 36.3 Å². The van der Waals surface area contributed by atoms with Crippen LogP contribution in [0.5, 0.6) is 0 Å². The van der Waals surface area contributed by atoms with Crippen molar-refractivity contribution in [3.05, 3.63) is 33.8 Å². The van der Waals surface area contributed by atoms with Crippen molar-refractivity contribution in [3.63, 3.8) is 0 Å². The maximum atomic E-state index is 13.5. The molecule has 0 aliphatic carbocycles. The molecular formula is C18H23Cl2NO3. The first kappa shape index (κ1) is 18.0. The standard InChI is InChI=1S/C18H23Cl2NO3/c1-12-10-21(11-13(2)24-12)17(22)18(5-7-23-8-6-18)15-4-3-14(19)9-16(15)20/h3-4,9,12-13H,5-8,10-11H2,1-2H3. The Labute approximate surface area is 153 Å². The molecule has 4 nitrogen and oxygen atoms in total. The van der Waals surface area contributed by atoms with Gasteiger partial charge < -0.3 is 14.4 Å². The second kappa shape index (κ2) is 7.20. The van der Waals surface area contributed by atoms with E-state index in [1.807, 2.05) is 24.8 Å². The van der Waals surface area contributed by atoms with Gasteiger partial charge in [-0.2, -0.15) is 0 Å². The molecule has 0 saturated carbocycles. The van der Waals surface area contributed by atoms with Crippen LogP contribution < -0.4 is 0 Å². The SMILES string of the molecule is CC1CN(C(=O)C2(c3ccc(Cl)cc3Cl)CCOCC2)CC(C)O1. The van der Waals surface area contributed by atoms with Gasteiger partial charge in [-0.3, -0.25) is 4.79 Å². The summed E-state index contributed by atoms with van der Waals surface area (Å²) < 4.78 is 11.3. The Balaban J connectivity index is 1.97. The summed E-state index contributed by atoms with van der Waals surface area (Å²) in [5.74, 6) is 0.122. The molecule has 0 radical (unpaired) electrons. The Hall–Kier alpha value is -0.810. The minimum atomic E-state index is -0.642. The monoisotopic (exact) mass is 371 g/mol. The van der Waals surface area contributed by atoms with Crippen LogP contribution >= 0.6 is 23.2 Å². The van der Waals surface area contributed by atoms with Gasteiger partial charge in [-0.1, -0.05) is 29.3 Å². The zero-order valence-electron chi connectivity index (χ0n) is 14.1. The summed E-state index contributed by atoms with van der Waals surface area (Å²) in [5, 5.41) is 1.12. The molecule has 24 heavy (non-hydrogen) atoms. The molecule has 2 aliphatic heterocycles. The molecule has 1 aromatic carbocycles. The van der Waals surface area contributed by atoms with E-state index in [0.717, 1.165) is 5.56 Å². The van der Waals surface area contributed by atoms with Gasteiger partial charge in [0.25, 0.3) is 0 Å². The fraction of sp³-hybridized carbons (Fsp3) is 0.611. The largest absolute Gasteiger partial charge is 0.381 e.